The first-order valence-corrected chi connectivity index (χ1v) is 11.3. The Morgan fingerprint density at radius 1 is 1.03 bits per heavy atom. The van der Waals surface area contributed by atoms with Gasteiger partial charge in [0.25, 0.3) is 0 Å². The number of carbonyl (C=O) groups excluding carboxylic acids is 3. The summed E-state index contributed by atoms with van der Waals surface area (Å²) in [7, 11) is 0. The van der Waals surface area contributed by atoms with Crippen LogP contribution in [0.5, 0.6) is 0 Å². The van der Waals surface area contributed by atoms with Crippen molar-refractivity contribution in [2.45, 2.75) is 33.2 Å². The molecule has 1 heterocycles. The summed E-state index contributed by atoms with van der Waals surface area (Å²) in [5.74, 6) is -1.37. The Hall–Kier alpha value is -3.59. The number of aryl methyl sites for hydroxylation is 2. The van der Waals surface area contributed by atoms with Crippen molar-refractivity contribution < 1.29 is 18.8 Å². The van der Waals surface area contributed by atoms with Gasteiger partial charge in [-0.3, -0.25) is 14.4 Å². The van der Waals surface area contributed by atoms with Gasteiger partial charge in [0.1, 0.15) is 12.4 Å². The average molecular weight is 469 g/mol. The number of halogens is 1. The van der Waals surface area contributed by atoms with Gasteiger partial charge in [-0.25, -0.2) is 9.37 Å². The molecule has 0 radical (unpaired) electrons. The van der Waals surface area contributed by atoms with Crippen molar-refractivity contribution in [3.63, 3.8) is 0 Å². The van der Waals surface area contributed by atoms with Crippen molar-refractivity contribution in [3.05, 3.63) is 76.5 Å². The van der Waals surface area contributed by atoms with Crippen LogP contribution in [-0.2, 0) is 20.9 Å². The molecule has 0 spiro atoms. The molecule has 0 aliphatic heterocycles. The Kier molecular flexibility index (Phi) is 8.26. The van der Waals surface area contributed by atoms with Gasteiger partial charge in [-0.05, 0) is 48.7 Å². The Labute approximate surface area is 195 Å². The van der Waals surface area contributed by atoms with E-state index < -0.39 is 0 Å². The standard InChI is InChI=1S/C24H25FN4O3S/c1-16-3-4-17(2)20(13-16)29(15-22(31)27-14-18-5-7-19(25)8-6-18)23(32)10-9-21(30)28-24-26-11-12-33-24/h3-8,11-13H,9-10,14-15H2,1-2H3,(H,27,31)(H,26,28,30). The molecule has 0 unspecified atom stereocenters. The third-order valence-corrected chi connectivity index (χ3v) is 5.59. The zero-order chi connectivity index (χ0) is 23.8. The van der Waals surface area contributed by atoms with Crippen LogP contribution in [0.2, 0.25) is 0 Å². The van der Waals surface area contributed by atoms with E-state index in [1.807, 2.05) is 32.0 Å². The number of amides is 3. The van der Waals surface area contributed by atoms with Crippen LogP contribution in [0.4, 0.5) is 15.2 Å². The van der Waals surface area contributed by atoms with Gasteiger partial charge in [-0.15, -0.1) is 11.3 Å². The molecule has 0 saturated heterocycles. The lowest BCUT2D eigenvalue weighted by Crippen LogP contribution is -2.41. The highest BCUT2D eigenvalue weighted by molar-refractivity contribution is 7.13. The van der Waals surface area contributed by atoms with Gasteiger partial charge in [0.2, 0.25) is 17.7 Å². The lowest BCUT2D eigenvalue weighted by Gasteiger charge is -2.24. The fourth-order valence-corrected chi connectivity index (χ4v) is 3.69. The van der Waals surface area contributed by atoms with Crippen LogP contribution in [0.1, 0.15) is 29.5 Å². The number of carbonyl (C=O) groups is 3. The Bertz CT molecular complexity index is 1120. The molecule has 0 atom stereocenters. The Balaban J connectivity index is 1.66. The van der Waals surface area contributed by atoms with Crippen molar-refractivity contribution in [2.75, 3.05) is 16.8 Å². The highest BCUT2D eigenvalue weighted by Crippen LogP contribution is 2.23. The van der Waals surface area contributed by atoms with Crippen molar-refractivity contribution in [2.24, 2.45) is 0 Å². The van der Waals surface area contributed by atoms with Crippen LogP contribution < -0.4 is 15.5 Å². The molecule has 172 valence electrons. The molecule has 0 aliphatic carbocycles. The molecule has 0 saturated carbocycles. The highest BCUT2D eigenvalue weighted by Gasteiger charge is 2.22. The maximum Gasteiger partial charge on any atom is 0.240 e. The van der Waals surface area contributed by atoms with Crippen LogP contribution in [0.25, 0.3) is 0 Å². The molecule has 33 heavy (non-hydrogen) atoms. The maximum atomic E-state index is 13.1. The number of nitrogens with one attached hydrogen (secondary N) is 2. The zero-order valence-corrected chi connectivity index (χ0v) is 19.2. The molecule has 1 aromatic heterocycles. The summed E-state index contributed by atoms with van der Waals surface area (Å²) in [5, 5.41) is 7.63. The number of aromatic nitrogens is 1. The number of anilines is 2. The van der Waals surface area contributed by atoms with Gasteiger partial charge in [-0.1, -0.05) is 24.3 Å². The summed E-state index contributed by atoms with van der Waals surface area (Å²) in [6.45, 7) is 3.78. The molecule has 2 N–H and O–H groups in total. The third-order valence-electron chi connectivity index (χ3n) is 4.91. The van der Waals surface area contributed by atoms with E-state index in [-0.39, 0.29) is 49.5 Å². The molecule has 0 fully saturated rings. The smallest absolute Gasteiger partial charge is 0.240 e. The lowest BCUT2D eigenvalue weighted by molar-refractivity contribution is -0.125. The Morgan fingerprint density at radius 3 is 2.48 bits per heavy atom. The van der Waals surface area contributed by atoms with Gasteiger partial charge in [0.05, 0.1) is 0 Å². The average Bonchev–Trinajstić information content (AvgIpc) is 3.30. The van der Waals surface area contributed by atoms with Crippen molar-refractivity contribution in [1.29, 1.82) is 0 Å². The summed E-state index contributed by atoms with van der Waals surface area (Å²) < 4.78 is 13.1. The first-order chi connectivity index (χ1) is 15.8. The predicted molar refractivity (Wildman–Crippen MR) is 126 cm³/mol. The minimum absolute atomic E-state index is 0.0308. The van der Waals surface area contributed by atoms with Crippen LogP contribution >= 0.6 is 11.3 Å². The van der Waals surface area contributed by atoms with Crippen molar-refractivity contribution >= 4 is 39.9 Å². The molecular weight excluding hydrogens is 443 g/mol. The van der Waals surface area contributed by atoms with E-state index >= 15 is 0 Å². The number of thiazole rings is 1. The minimum Gasteiger partial charge on any atom is -0.350 e. The first kappa shape index (κ1) is 24.1. The monoisotopic (exact) mass is 468 g/mol. The van der Waals surface area contributed by atoms with Crippen LogP contribution in [0.3, 0.4) is 0 Å². The second kappa shape index (κ2) is 11.3. The summed E-state index contributed by atoms with van der Waals surface area (Å²) in [6.07, 6.45) is 1.49. The number of hydrogen-bond donors (Lipinski definition) is 2. The Morgan fingerprint density at radius 2 is 1.79 bits per heavy atom. The first-order valence-electron chi connectivity index (χ1n) is 10.4. The van der Waals surface area contributed by atoms with E-state index in [2.05, 4.69) is 15.6 Å². The fourth-order valence-electron chi connectivity index (χ4n) is 3.14. The minimum atomic E-state index is -0.360. The van der Waals surface area contributed by atoms with Crippen molar-refractivity contribution in [3.8, 4) is 0 Å². The molecule has 9 heteroatoms. The number of rotatable bonds is 9. The summed E-state index contributed by atoms with van der Waals surface area (Å²) in [5.41, 5.74) is 3.15. The molecule has 3 rings (SSSR count). The number of benzene rings is 2. The predicted octanol–water partition coefficient (Wildman–Crippen LogP) is 3.97. The van der Waals surface area contributed by atoms with E-state index in [1.54, 1.807) is 23.7 Å². The van der Waals surface area contributed by atoms with E-state index in [4.69, 9.17) is 0 Å². The van der Waals surface area contributed by atoms with E-state index in [0.717, 1.165) is 16.7 Å². The quantitative estimate of drug-likeness (QED) is 0.497. The molecule has 3 amide bonds. The fraction of sp³-hybridized carbons (Fsp3) is 0.250. The topological polar surface area (TPSA) is 91.4 Å². The normalized spacial score (nSPS) is 10.5. The summed E-state index contributed by atoms with van der Waals surface area (Å²) >= 11 is 1.29. The second-order valence-electron chi connectivity index (χ2n) is 7.56. The van der Waals surface area contributed by atoms with Gasteiger partial charge < -0.3 is 15.5 Å². The largest absolute Gasteiger partial charge is 0.350 e. The van der Waals surface area contributed by atoms with Crippen LogP contribution in [0, 0.1) is 19.7 Å². The lowest BCUT2D eigenvalue weighted by atomic mass is 10.1. The number of hydrogen-bond acceptors (Lipinski definition) is 5. The second-order valence-corrected chi connectivity index (χ2v) is 8.45. The van der Waals surface area contributed by atoms with E-state index in [9.17, 15) is 18.8 Å². The number of nitrogens with zero attached hydrogens (tertiary/aromatic N) is 2. The molecule has 0 aliphatic rings. The highest BCUT2D eigenvalue weighted by atomic mass is 32.1. The zero-order valence-electron chi connectivity index (χ0n) is 18.4. The molecule has 0 bridgehead atoms. The van der Waals surface area contributed by atoms with Gasteiger partial charge in [0.15, 0.2) is 5.13 Å². The molecule has 7 nitrogen and oxygen atoms in total. The molecule has 3 aromatic rings. The molecular formula is C24H25FN4O3S. The van der Waals surface area contributed by atoms with Gasteiger partial charge >= 0.3 is 0 Å². The summed E-state index contributed by atoms with van der Waals surface area (Å²) in [4.78, 5) is 43.3. The van der Waals surface area contributed by atoms with Crippen LogP contribution in [-0.4, -0.2) is 29.3 Å². The van der Waals surface area contributed by atoms with Crippen LogP contribution in [0.15, 0.2) is 54.0 Å². The van der Waals surface area contributed by atoms with E-state index in [0.29, 0.717) is 10.8 Å². The van der Waals surface area contributed by atoms with Gasteiger partial charge in [-0.2, -0.15) is 0 Å². The SMILES string of the molecule is Cc1ccc(C)c(N(CC(=O)NCc2ccc(F)cc2)C(=O)CCC(=O)Nc2nccs2)c1. The van der Waals surface area contributed by atoms with Crippen molar-refractivity contribution in [1.82, 2.24) is 10.3 Å². The van der Waals surface area contributed by atoms with Gasteiger partial charge in [0, 0.05) is 36.7 Å². The maximum absolute atomic E-state index is 13.1. The molecule has 2 aromatic carbocycles. The van der Waals surface area contributed by atoms with E-state index in [1.165, 1.54) is 28.4 Å². The summed E-state index contributed by atoms with van der Waals surface area (Å²) in [6, 6.07) is 11.5. The third kappa shape index (κ3) is 7.21.